The summed E-state index contributed by atoms with van der Waals surface area (Å²) in [7, 11) is 1.58. The average Bonchev–Trinajstić information content (AvgIpc) is 2.60. The van der Waals surface area contributed by atoms with Crippen LogP contribution in [0.3, 0.4) is 0 Å². The van der Waals surface area contributed by atoms with Crippen LogP contribution >= 0.6 is 34.2 Å². The second-order valence-corrected chi connectivity index (χ2v) is 4.57. The van der Waals surface area contributed by atoms with Gasteiger partial charge in [-0.3, -0.25) is 0 Å². The predicted octanol–water partition coefficient (Wildman–Crippen LogP) is 3.19. The fraction of sp³-hybridized carbons (Fsp3) is 0.100. The fourth-order valence-corrected chi connectivity index (χ4v) is 1.98. The Hall–Kier alpha value is -0.950. The van der Waals surface area contributed by atoms with E-state index in [4.69, 9.17) is 26.6 Å². The molecule has 0 bridgehead atoms. The number of aromatic nitrogens is 1. The molecule has 1 heterocycles. The van der Waals surface area contributed by atoms with Gasteiger partial charge in [0, 0.05) is 5.02 Å². The van der Waals surface area contributed by atoms with Gasteiger partial charge in [0.25, 0.3) is 0 Å². The minimum atomic E-state index is 0.359. The van der Waals surface area contributed by atoms with E-state index in [9.17, 15) is 0 Å². The van der Waals surface area contributed by atoms with Crippen LogP contribution in [0.2, 0.25) is 5.02 Å². The quantitative estimate of drug-likeness (QED) is 0.845. The minimum Gasteiger partial charge on any atom is -0.496 e. The Morgan fingerprint density at radius 1 is 1.50 bits per heavy atom. The van der Waals surface area contributed by atoms with Crippen LogP contribution in [-0.2, 0) is 0 Å². The predicted molar refractivity (Wildman–Crippen MR) is 70.6 cm³/mol. The lowest BCUT2D eigenvalue weighted by atomic mass is 10.1. The molecule has 2 aromatic rings. The number of nitrogens with two attached hydrogens (primary N) is 1. The summed E-state index contributed by atoms with van der Waals surface area (Å²) in [5.74, 6) is 1.59. The number of anilines is 1. The fourth-order valence-electron chi connectivity index (χ4n) is 1.32. The van der Waals surface area contributed by atoms with Gasteiger partial charge < -0.3 is 15.0 Å². The summed E-state index contributed by atoms with van der Waals surface area (Å²) in [5, 5.41) is 4.29. The summed E-state index contributed by atoms with van der Waals surface area (Å²) in [4.78, 5) is 0. The zero-order chi connectivity index (χ0) is 11.7. The summed E-state index contributed by atoms with van der Waals surface area (Å²) >= 11 is 8.00. The smallest absolute Gasteiger partial charge is 0.186 e. The van der Waals surface area contributed by atoms with Crippen molar-refractivity contribution in [1.29, 1.82) is 0 Å². The lowest BCUT2D eigenvalue weighted by Gasteiger charge is -2.06. The van der Waals surface area contributed by atoms with Gasteiger partial charge in [-0.15, -0.1) is 0 Å². The molecule has 1 aromatic heterocycles. The van der Waals surface area contributed by atoms with E-state index in [1.165, 1.54) is 0 Å². The van der Waals surface area contributed by atoms with Crippen LogP contribution in [0.15, 0.2) is 22.7 Å². The van der Waals surface area contributed by atoms with Crippen LogP contribution in [0.25, 0.3) is 11.3 Å². The van der Waals surface area contributed by atoms with Crippen molar-refractivity contribution in [3.8, 4) is 17.1 Å². The molecule has 84 valence electrons. The number of nitrogen functional groups attached to an aromatic ring is 1. The molecule has 0 aliphatic rings. The summed E-state index contributed by atoms with van der Waals surface area (Å²) in [6, 6.07) is 5.27. The van der Waals surface area contributed by atoms with E-state index in [1.54, 1.807) is 25.3 Å². The highest BCUT2D eigenvalue weighted by molar-refractivity contribution is 14.1. The molecule has 1 aromatic carbocycles. The molecule has 0 unspecified atom stereocenters. The third-order valence-electron chi connectivity index (χ3n) is 2.07. The van der Waals surface area contributed by atoms with Gasteiger partial charge in [0.05, 0.1) is 12.7 Å². The Bertz CT molecular complexity index is 528. The Morgan fingerprint density at radius 2 is 2.25 bits per heavy atom. The number of methoxy groups -OCH3 is 1. The standard InChI is InChI=1S/C10H8ClIN2O2/c1-15-7-3-2-5(11)4-6(7)9-8(12)10(13)14-16-9/h2-4H,1H3,(H2,13,14). The van der Waals surface area contributed by atoms with Crippen molar-refractivity contribution in [1.82, 2.24) is 5.16 Å². The molecule has 2 rings (SSSR count). The van der Waals surface area contributed by atoms with Gasteiger partial charge in [-0.05, 0) is 40.8 Å². The third kappa shape index (κ3) is 1.97. The van der Waals surface area contributed by atoms with Crippen molar-refractivity contribution >= 4 is 40.0 Å². The summed E-state index contributed by atoms with van der Waals surface area (Å²) in [6.07, 6.45) is 0. The lowest BCUT2D eigenvalue weighted by Crippen LogP contribution is -1.89. The molecule has 0 saturated heterocycles. The molecule has 6 heteroatoms. The highest BCUT2D eigenvalue weighted by Crippen LogP contribution is 2.36. The first-order valence-corrected chi connectivity index (χ1v) is 5.83. The monoisotopic (exact) mass is 350 g/mol. The first-order chi connectivity index (χ1) is 7.63. The lowest BCUT2D eigenvalue weighted by molar-refractivity contribution is 0.407. The van der Waals surface area contributed by atoms with Crippen LogP contribution < -0.4 is 10.5 Å². The Morgan fingerprint density at radius 3 is 2.81 bits per heavy atom. The summed E-state index contributed by atoms with van der Waals surface area (Å²) in [6.45, 7) is 0. The zero-order valence-electron chi connectivity index (χ0n) is 8.33. The number of halogens is 2. The third-order valence-corrected chi connectivity index (χ3v) is 3.34. The first kappa shape index (κ1) is 11.5. The van der Waals surface area contributed by atoms with E-state index in [0.717, 1.165) is 9.13 Å². The molecule has 0 aliphatic carbocycles. The van der Waals surface area contributed by atoms with Crippen molar-refractivity contribution in [3.05, 3.63) is 26.8 Å². The maximum Gasteiger partial charge on any atom is 0.186 e. The maximum absolute atomic E-state index is 5.93. The normalized spacial score (nSPS) is 10.4. The molecule has 0 atom stereocenters. The molecule has 0 spiro atoms. The Kier molecular flexibility index (Phi) is 3.25. The zero-order valence-corrected chi connectivity index (χ0v) is 11.2. The first-order valence-electron chi connectivity index (χ1n) is 4.38. The molecule has 0 saturated carbocycles. The van der Waals surface area contributed by atoms with Crippen molar-refractivity contribution in [3.63, 3.8) is 0 Å². The van der Waals surface area contributed by atoms with Gasteiger partial charge >= 0.3 is 0 Å². The van der Waals surface area contributed by atoms with Crippen LogP contribution in [0.1, 0.15) is 0 Å². The Labute approximate surface area is 111 Å². The molecular formula is C10H8ClIN2O2. The van der Waals surface area contributed by atoms with Crippen molar-refractivity contribution in [2.75, 3.05) is 12.8 Å². The van der Waals surface area contributed by atoms with E-state index in [1.807, 2.05) is 0 Å². The second-order valence-electron chi connectivity index (χ2n) is 3.06. The molecule has 0 radical (unpaired) electrons. The van der Waals surface area contributed by atoms with Crippen molar-refractivity contribution in [2.45, 2.75) is 0 Å². The second kappa shape index (κ2) is 4.50. The highest BCUT2D eigenvalue weighted by atomic mass is 127. The number of benzene rings is 1. The molecule has 0 fully saturated rings. The largest absolute Gasteiger partial charge is 0.496 e. The van der Waals surface area contributed by atoms with Gasteiger partial charge in [0.1, 0.15) is 9.32 Å². The van der Waals surface area contributed by atoms with Crippen LogP contribution in [0, 0.1) is 3.57 Å². The van der Waals surface area contributed by atoms with E-state index in [0.29, 0.717) is 22.4 Å². The van der Waals surface area contributed by atoms with E-state index >= 15 is 0 Å². The van der Waals surface area contributed by atoms with Gasteiger partial charge in [-0.2, -0.15) is 0 Å². The molecule has 0 amide bonds. The van der Waals surface area contributed by atoms with E-state index in [2.05, 4.69) is 27.7 Å². The van der Waals surface area contributed by atoms with Crippen LogP contribution in [0.5, 0.6) is 5.75 Å². The number of hydrogen-bond acceptors (Lipinski definition) is 4. The SMILES string of the molecule is COc1ccc(Cl)cc1-c1onc(N)c1I. The van der Waals surface area contributed by atoms with Gasteiger partial charge in [0.15, 0.2) is 11.6 Å². The minimum absolute atomic E-state index is 0.359. The van der Waals surface area contributed by atoms with E-state index < -0.39 is 0 Å². The molecule has 0 aliphatic heterocycles. The highest BCUT2D eigenvalue weighted by Gasteiger charge is 2.17. The van der Waals surface area contributed by atoms with Gasteiger partial charge in [-0.25, -0.2) is 0 Å². The molecule has 16 heavy (non-hydrogen) atoms. The van der Waals surface area contributed by atoms with Crippen LogP contribution in [0.4, 0.5) is 5.82 Å². The van der Waals surface area contributed by atoms with Crippen LogP contribution in [-0.4, -0.2) is 12.3 Å². The van der Waals surface area contributed by atoms with Crippen molar-refractivity contribution in [2.24, 2.45) is 0 Å². The van der Waals surface area contributed by atoms with Crippen molar-refractivity contribution < 1.29 is 9.26 Å². The summed E-state index contributed by atoms with van der Waals surface area (Å²) in [5.41, 5.74) is 6.36. The molecule has 4 nitrogen and oxygen atoms in total. The van der Waals surface area contributed by atoms with E-state index in [-0.39, 0.29) is 0 Å². The number of nitrogens with zero attached hydrogens (tertiary/aromatic N) is 1. The Balaban J connectivity index is 2.62. The maximum atomic E-state index is 5.93. The average molecular weight is 351 g/mol. The van der Waals surface area contributed by atoms with Gasteiger partial charge in [-0.1, -0.05) is 16.8 Å². The summed E-state index contributed by atoms with van der Waals surface area (Å²) < 4.78 is 11.1. The topological polar surface area (TPSA) is 61.3 Å². The number of ether oxygens (including phenoxy) is 1. The molecular weight excluding hydrogens is 342 g/mol. The number of hydrogen-bond donors (Lipinski definition) is 1. The van der Waals surface area contributed by atoms with Gasteiger partial charge in [0.2, 0.25) is 0 Å². The molecule has 2 N–H and O–H groups in total. The number of rotatable bonds is 2.